The van der Waals surface area contributed by atoms with Gasteiger partial charge in [-0.15, -0.1) is 0 Å². The van der Waals surface area contributed by atoms with Crippen LogP contribution in [0.4, 0.5) is 0 Å². The number of sulfone groups is 1. The zero-order valence-electron chi connectivity index (χ0n) is 9.06. The highest BCUT2D eigenvalue weighted by Gasteiger charge is 2.32. The van der Waals surface area contributed by atoms with E-state index in [2.05, 4.69) is 5.32 Å². The smallest absolute Gasteiger partial charge is 0.204 e. The van der Waals surface area contributed by atoms with Gasteiger partial charge in [0.25, 0.3) is 0 Å². The fourth-order valence-electron chi connectivity index (χ4n) is 1.75. The molecule has 0 saturated carbocycles. The molecule has 0 fully saturated rings. The number of rotatable bonds is 2. The van der Waals surface area contributed by atoms with Gasteiger partial charge in [-0.3, -0.25) is 0 Å². The summed E-state index contributed by atoms with van der Waals surface area (Å²) in [6, 6.07) is 4.05. The lowest BCUT2D eigenvalue weighted by Gasteiger charge is -2.11. The molecule has 0 radical (unpaired) electrons. The predicted octanol–water partition coefficient (Wildman–Crippen LogP) is 1.13. The van der Waals surface area contributed by atoms with Crippen LogP contribution in [0.5, 0.6) is 5.75 Å². The molecule has 0 aliphatic carbocycles. The lowest BCUT2D eigenvalue weighted by atomic mass is 10.2. The predicted molar refractivity (Wildman–Crippen MR) is 61.8 cm³/mol. The number of aromatic hydroxyl groups is 1. The van der Waals surface area contributed by atoms with Crippen molar-refractivity contribution in [3.63, 3.8) is 0 Å². The van der Waals surface area contributed by atoms with E-state index >= 15 is 0 Å². The standard InChI is InChI=1S/C11H13NO3S/c1-7(12-2)11-6-8-5-9(13)3-4-10(8)16(11,14)15/h3-7,12-13H,1-2H3. The third-order valence-corrected chi connectivity index (χ3v) is 4.79. The molecular weight excluding hydrogens is 226 g/mol. The number of fused-ring (bicyclic) bond motifs is 1. The molecule has 16 heavy (non-hydrogen) atoms. The van der Waals surface area contributed by atoms with Crippen LogP contribution in [0.3, 0.4) is 0 Å². The number of nitrogens with one attached hydrogen (secondary N) is 1. The third-order valence-electron chi connectivity index (χ3n) is 2.75. The van der Waals surface area contributed by atoms with Crippen molar-refractivity contribution in [1.82, 2.24) is 5.32 Å². The van der Waals surface area contributed by atoms with Gasteiger partial charge < -0.3 is 10.4 Å². The molecule has 0 saturated heterocycles. The summed E-state index contributed by atoms with van der Waals surface area (Å²) in [5.74, 6) is 0.0727. The molecule has 1 aliphatic heterocycles. The van der Waals surface area contributed by atoms with Crippen molar-refractivity contribution in [3.05, 3.63) is 28.7 Å². The van der Waals surface area contributed by atoms with E-state index in [4.69, 9.17) is 0 Å². The topological polar surface area (TPSA) is 66.4 Å². The van der Waals surface area contributed by atoms with Crippen LogP contribution in [-0.4, -0.2) is 26.6 Å². The molecule has 2 rings (SSSR count). The van der Waals surface area contributed by atoms with Crippen LogP contribution >= 0.6 is 0 Å². The van der Waals surface area contributed by atoms with Crippen LogP contribution in [0.1, 0.15) is 12.5 Å². The Morgan fingerprint density at radius 2 is 2.06 bits per heavy atom. The van der Waals surface area contributed by atoms with Gasteiger partial charge in [0.15, 0.2) is 0 Å². The Balaban J connectivity index is 2.61. The molecule has 0 amide bonds. The average molecular weight is 239 g/mol. The molecule has 1 heterocycles. The lowest BCUT2D eigenvalue weighted by molar-refractivity contribution is 0.474. The number of likely N-dealkylation sites (N-methyl/N-ethyl adjacent to an activating group) is 1. The number of hydrogen-bond donors (Lipinski definition) is 2. The highest BCUT2D eigenvalue weighted by molar-refractivity contribution is 7.96. The molecule has 1 unspecified atom stereocenters. The number of phenolic OH excluding ortho intramolecular Hbond substituents is 1. The average Bonchev–Trinajstić information content (AvgIpc) is 2.49. The summed E-state index contributed by atoms with van der Waals surface area (Å²) in [6.45, 7) is 1.79. The Labute approximate surface area is 94.5 Å². The van der Waals surface area contributed by atoms with Gasteiger partial charge in [-0.25, -0.2) is 8.42 Å². The van der Waals surface area contributed by atoms with Gasteiger partial charge in [-0.1, -0.05) is 0 Å². The van der Waals surface area contributed by atoms with Crippen LogP contribution < -0.4 is 5.32 Å². The summed E-state index contributed by atoms with van der Waals surface area (Å²) in [5, 5.41) is 12.2. The molecule has 86 valence electrons. The SMILES string of the molecule is CNC(C)C1=Cc2cc(O)ccc2S1(=O)=O. The number of benzene rings is 1. The first-order valence-corrected chi connectivity index (χ1v) is 6.42. The Hall–Kier alpha value is -1.33. The van der Waals surface area contributed by atoms with E-state index in [1.807, 2.05) is 0 Å². The summed E-state index contributed by atoms with van der Waals surface area (Å²) in [4.78, 5) is 0.609. The molecule has 1 aromatic rings. The quantitative estimate of drug-likeness (QED) is 0.812. The summed E-state index contributed by atoms with van der Waals surface area (Å²) in [6.07, 6.45) is 1.60. The van der Waals surface area contributed by atoms with E-state index in [0.29, 0.717) is 10.5 Å². The van der Waals surface area contributed by atoms with Gasteiger partial charge in [0, 0.05) is 6.04 Å². The second-order valence-corrected chi connectivity index (χ2v) is 5.70. The highest BCUT2D eigenvalue weighted by Crippen LogP contribution is 2.35. The molecule has 1 atom stereocenters. The van der Waals surface area contributed by atoms with Crippen molar-refractivity contribution in [3.8, 4) is 5.75 Å². The Morgan fingerprint density at radius 3 is 2.69 bits per heavy atom. The summed E-state index contributed by atoms with van der Waals surface area (Å²) in [5.41, 5.74) is 0.553. The second kappa shape index (κ2) is 3.61. The zero-order valence-corrected chi connectivity index (χ0v) is 9.88. The first-order chi connectivity index (χ1) is 7.46. The Kier molecular flexibility index (Phi) is 2.52. The van der Waals surface area contributed by atoms with E-state index in [1.165, 1.54) is 18.2 Å². The number of hydrogen-bond acceptors (Lipinski definition) is 4. The normalized spacial score (nSPS) is 19.0. The van der Waals surface area contributed by atoms with Gasteiger partial charge in [-0.2, -0.15) is 0 Å². The van der Waals surface area contributed by atoms with Gasteiger partial charge in [0.1, 0.15) is 5.75 Å². The Bertz CT molecular complexity index is 561. The molecule has 0 spiro atoms. The highest BCUT2D eigenvalue weighted by atomic mass is 32.2. The van der Waals surface area contributed by atoms with E-state index in [-0.39, 0.29) is 16.7 Å². The summed E-state index contributed by atoms with van der Waals surface area (Å²) in [7, 11) is -1.68. The molecule has 2 N–H and O–H groups in total. The van der Waals surface area contributed by atoms with Crippen molar-refractivity contribution in [1.29, 1.82) is 0 Å². The van der Waals surface area contributed by atoms with Crippen molar-refractivity contribution in [2.24, 2.45) is 0 Å². The van der Waals surface area contributed by atoms with Gasteiger partial charge >= 0.3 is 0 Å². The van der Waals surface area contributed by atoms with Gasteiger partial charge in [0.2, 0.25) is 9.84 Å². The third kappa shape index (κ3) is 1.52. The maximum Gasteiger partial charge on any atom is 0.204 e. The first-order valence-electron chi connectivity index (χ1n) is 4.94. The molecule has 4 nitrogen and oxygen atoms in total. The van der Waals surface area contributed by atoms with Crippen LogP contribution in [0.15, 0.2) is 28.0 Å². The fraction of sp³-hybridized carbons (Fsp3) is 0.273. The van der Waals surface area contributed by atoms with E-state index in [9.17, 15) is 13.5 Å². The van der Waals surface area contributed by atoms with Crippen LogP contribution in [0, 0.1) is 0 Å². The molecule has 0 aromatic heterocycles. The minimum Gasteiger partial charge on any atom is -0.508 e. The summed E-state index contributed by atoms with van der Waals surface area (Å²) < 4.78 is 24.2. The Morgan fingerprint density at radius 1 is 1.38 bits per heavy atom. The largest absolute Gasteiger partial charge is 0.508 e. The van der Waals surface area contributed by atoms with Crippen LogP contribution in [0.25, 0.3) is 6.08 Å². The molecule has 1 aliphatic rings. The van der Waals surface area contributed by atoms with Crippen molar-refractivity contribution in [2.45, 2.75) is 17.9 Å². The van der Waals surface area contributed by atoms with Crippen molar-refractivity contribution < 1.29 is 13.5 Å². The monoisotopic (exact) mass is 239 g/mol. The fourth-order valence-corrected chi connectivity index (χ4v) is 3.55. The van der Waals surface area contributed by atoms with Crippen LogP contribution in [-0.2, 0) is 9.84 Å². The van der Waals surface area contributed by atoms with E-state index in [0.717, 1.165) is 0 Å². The maximum atomic E-state index is 12.1. The maximum absolute atomic E-state index is 12.1. The van der Waals surface area contributed by atoms with Gasteiger partial charge in [-0.05, 0) is 43.8 Å². The lowest BCUT2D eigenvalue weighted by Crippen LogP contribution is -2.26. The molecular formula is C11H13NO3S. The van der Waals surface area contributed by atoms with E-state index in [1.54, 1.807) is 20.0 Å². The molecule has 1 aromatic carbocycles. The van der Waals surface area contributed by atoms with Crippen LogP contribution in [0.2, 0.25) is 0 Å². The molecule has 5 heteroatoms. The second-order valence-electron chi connectivity index (χ2n) is 3.78. The van der Waals surface area contributed by atoms with Gasteiger partial charge in [0.05, 0.1) is 9.80 Å². The van der Waals surface area contributed by atoms with E-state index < -0.39 is 9.84 Å². The van der Waals surface area contributed by atoms with Crippen molar-refractivity contribution in [2.75, 3.05) is 7.05 Å². The zero-order chi connectivity index (χ0) is 11.9. The van der Waals surface area contributed by atoms with Crippen molar-refractivity contribution >= 4 is 15.9 Å². The first kappa shape index (κ1) is 11.2. The minimum absolute atomic E-state index is 0.0727. The minimum atomic E-state index is -3.39. The summed E-state index contributed by atoms with van der Waals surface area (Å²) >= 11 is 0. The molecule has 0 bridgehead atoms. The number of phenols is 1.